The molecule has 0 aliphatic heterocycles. The van der Waals surface area contributed by atoms with E-state index in [1.54, 1.807) is 0 Å². The van der Waals surface area contributed by atoms with Gasteiger partial charge in [-0.1, -0.05) is 152 Å². The summed E-state index contributed by atoms with van der Waals surface area (Å²) in [5.41, 5.74) is 6.19. The number of hydrogen-bond acceptors (Lipinski definition) is 2. The molecule has 234 valence electrons. The van der Waals surface area contributed by atoms with E-state index in [1.165, 1.54) is 128 Å². The van der Waals surface area contributed by atoms with E-state index < -0.39 is 0 Å². The van der Waals surface area contributed by atoms with Crippen LogP contribution < -0.4 is 5.73 Å². The predicted molar refractivity (Wildman–Crippen MR) is 182 cm³/mol. The number of nitrogens with two attached hydrogens (primary N) is 1. The van der Waals surface area contributed by atoms with Crippen molar-refractivity contribution < 1.29 is 5.11 Å². The number of rotatable bonds is 31. The molecule has 0 spiro atoms. The Morgan fingerprint density at radius 2 is 0.725 bits per heavy atom. The van der Waals surface area contributed by atoms with E-state index in [2.05, 4.69) is 62.5 Å². The third kappa shape index (κ3) is 29.9. The molecule has 0 radical (unpaired) electrons. The Balaban J connectivity index is 3.55. The molecule has 0 heterocycles. The second kappa shape index (κ2) is 32.4. The van der Waals surface area contributed by atoms with E-state index in [4.69, 9.17) is 5.73 Å². The summed E-state index contributed by atoms with van der Waals surface area (Å²) in [5.74, 6) is 0. The fourth-order valence-electron chi connectivity index (χ4n) is 5.21. The van der Waals surface area contributed by atoms with Crippen LogP contribution in [0.5, 0.6) is 0 Å². The average Bonchev–Trinajstić information content (AvgIpc) is 2.96. The van der Waals surface area contributed by atoms with Crippen molar-refractivity contribution in [3.8, 4) is 0 Å². The van der Waals surface area contributed by atoms with Crippen LogP contribution in [0.3, 0.4) is 0 Å². The normalized spacial score (nSPS) is 12.8. The molecule has 2 heteroatoms. The lowest BCUT2D eigenvalue weighted by Crippen LogP contribution is -2.43. The molecule has 0 fully saturated rings. The van der Waals surface area contributed by atoms with Gasteiger partial charge in [-0.15, -0.1) is 0 Å². The maximum Gasteiger partial charge on any atom is 0.0611 e. The minimum absolute atomic E-state index is 0.132. The Bertz CT molecular complexity index is 555. The molecule has 0 saturated carbocycles. The summed E-state index contributed by atoms with van der Waals surface area (Å²) in [4.78, 5) is 0. The van der Waals surface area contributed by atoms with Crippen molar-refractivity contribution in [2.75, 3.05) is 6.61 Å². The fraction of sp³-hybridized carbons (Fsp3) is 0.789. The molecule has 0 aromatic rings. The lowest BCUT2D eigenvalue weighted by molar-refractivity contribution is 0.171. The zero-order valence-electron chi connectivity index (χ0n) is 27.2. The van der Waals surface area contributed by atoms with Gasteiger partial charge in [0.2, 0.25) is 0 Å². The van der Waals surface area contributed by atoms with E-state index in [9.17, 15) is 5.11 Å². The fourth-order valence-corrected chi connectivity index (χ4v) is 5.21. The Morgan fingerprint density at radius 1 is 0.425 bits per heavy atom. The number of hydrogen-bond donors (Lipinski definition) is 2. The summed E-state index contributed by atoms with van der Waals surface area (Å²) in [5, 5.41) is 9.89. The van der Waals surface area contributed by atoms with Crippen LogP contribution in [0.4, 0.5) is 0 Å². The molecule has 0 atom stereocenters. The van der Waals surface area contributed by atoms with Crippen molar-refractivity contribution in [3.05, 3.63) is 48.6 Å². The highest BCUT2D eigenvalue weighted by molar-refractivity contribution is 4.93. The van der Waals surface area contributed by atoms with E-state index in [1.807, 2.05) is 0 Å². The van der Waals surface area contributed by atoms with Crippen molar-refractivity contribution >= 4 is 0 Å². The molecule has 0 amide bonds. The first kappa shape index (κ1) is 38.9. The van der Waals surface area contributed by atoms with Gasteiger partial charge in [0.15, 0.2) is 0 Å². The molecule has 2 nitrogen and oxygen atoms in total. The van der Waals surface area contributed by atoms with Crippen LogP contribution in [0.1, 0.15) is 181 Å². The quantitative estimate of drug-likeness (QED) is 0.0657. The van der Waals surface area contributed by atoms with Crippen LogP contribution in [0.15, 0.2) is 48.6 Å². The molecule has 3 N–H and O–H groups in total. The van der Waals surface area contributed by atoms with Crippen molar-refractivity contribution in [1.82, 2.24) is 0 Å². The van der Waals surface area contributed by atoms with Gasteiger partial charge >= 0.3 is 0 Å². The second-order valence-electron chi connectivity index (χ2n) is 12.2. The van der Waals surface area contributed by atoms with Gasteiger partial charge in [-0.05, 0) is 77.0 Å². The van der Waals surface area contributed by atoms with Crippen LogP contribution in [-0.2, 0) is 0 Å². The van der Waals surface area contributed by atoms with Gasteiger partial charge in [-0.2, -0.15) is 0 Å². The summed E-state index contributed by atoms with van der Waals surface area (Å²) >= 11 is 0. The summed E-state index contributed by atoms with van der Waals surface area (Å²) in [7, 11) is 0. The zero-order valence-corrected chi connectivity index (χ0v) is 27.2. The Labute approximate surface area is 252 Å². The number of unbranched alkanes of at least 4 members (excludes halogenated alkanes) is 18. The molecule has 0 rings (SSSR count). The van der Waals surface area contributed by atoms with Crippen molar-refractivity contribution in [1.29, 1.82) is 0 Å². The monoisotopic (exact) mass is 558 g/mol. The molecule has 40 heavy (non-hydrogen) atoms. The molecule has 0 aliphatic rings. The third-order valence-corrected chi connectivity index (χ3v) is 8.07. The lowest BCUT2D eigenvalue weighted by atomic mass is 9.88. The SMILES string of the molecule is CCCCC/C=C\C/C=C\CCCCCCCCC(N)(CO)CCCCCCCC/C=C\C/C=C\CCCCC. The first-order valence-electron chi connectivity index (χ1n) is 17.7. The number of aliphatic hydroxyl groups is 1. The van der Waals surface area contributed by atoms with Crippen LogP contribution in [0.2, 0.25) is 0 Å². The summed E-state index contributed by atoms with van der Waals surface area (Å²) in [6, 6.07) is 0. The minimum Gasteiger partial charge on any atom is -0.394 e. The van der Waals surface area contributed by atoms with Crippen LogP contribution in [0.25, 0.3) is 0 Å². The standard InChI is InChI=1S/C38H71NO/c1-3-5-7-9-11-13-15-17-19-21-23-25-27-29-31-33-35-38(39,37-40)36-34-32-30-28-26-24-22-20-18-16-14-12-10-8-6-4-2/h11-14,17-20,40H,3-10,15-16,21-37,39H2,1-2H3/b13-11-,14-12-,19-17-,20-18-. The van der Waals surface area contributed by atoms with E-state index in [0.29, 0.717) is 0 Å². The topological polar surface area (TPSA) is 46.2 Å². The van der Waals surface area contributed by atoms with Gasteiger partial charge in [0.1, 0.15) is 0 Å². The summed E-state index contributed by atoms with van der Waals surface area (Å²) < 4.78 is 0. The molecule has 0 unspecified atom stereocenters. The largest absolute Gasteiger partial charge is 0.394 e. The number of allylic oxidation sites excluding steroid dienone is 8. The van der Waals surface area contributed by atoms with Crippen LogP contribution in [0, 0.1) is 0 Å². The second-order valence-corrected chi connectivity index (χ2v) is 12.2. The average molecular weight is 558 g/mol. The van der Waals surface area contributed by atoms with Gasteiger partial charge in [0.25, 0.3) is 0 Å². The maximum absolute atomic E-state index is 9.89. The van der Waals surface area contributed by atoms with E-state index >= 15 is 0 Å². The maximum atomic E-state index is 9.89. The van der Waals surface area contributed by atoms with Gasteiger partial charge in [0.05, 0.1) is 6.61 Å². The first-order valence-corrected chi connectivity index (χ1v) is 17.7. The third-order valence-electron chi connectivity index (χ3n) is 8.07. The van der Waals surface area contributed by atoms with Gasteiger partial charge in [0, 0.05) is 5.54 Å². The zero-order chi connectivity index (χ0) is 29.2. The molecule has 0 aliphatic carbocycles. The number of aliphatic hydroxyl groups excluding tert-OH is 1. The minimum atomic E-state index is -0.357. The van der Waals surface area contributed by atoms with Gasteiger partial charge in [-0.25, -0.2) is 0 Å². The lowest BCUT2D eigenvalue weighted by Gasteiger charge is -2.27. The van der Waals surface area contributed by atoms with Crippen molar-refractivity contribution in [3.63, 3.8) is 0 Å². The molecular formula is C38H71NO. The smallest absolute Gasteiger partial charge is 0.0611 e. The predicted octanol–water partition coefficient (Wildman–Crippen LogP) is 12.1. The molecule has 0 saturated heterocycles. The summed E-state index contributed by atoms with van der Waals surface area (Å²) in [6.07, 6.45) is 51.0. The van der Waals surface area contributed by atoms with Gasteiger partial charge < -0.3 is 10.8 Å². The molecule has 0 aromatic heterocycles. The Hall–Kier alpha value is -1.12. The highest BCUT2D eigenvalue weighted by Crippen LogP contribution is 2.21. The summed E-state index contributed by atoms with van der Waals surface area (Å²) in [6.45, 7) is 4.65. The van der Waals surface area contributed by atoms with Crippen molar-refractivity contribution in [2.45, 2.75) is 186 Å². The van der Waals surface area contributed by atoms with Gasteiger partial charge in [-0.3, -0.25) is 0 Å². The highest BCUT2D eigenvalue weighted by Gasteiger charge is 2.22. The highest BCUT2D eigenvalue weighted by atomic mass is 16.3. The van der Waals surface area contributed by atoms with Crippen molar-refractivity contribution in [2.24, 2.45) is 5.73 Å². The van der Waals surface area contributed by atoms with E-state index in [0.717, 1.165) is 38.5 Å². The molecular weight excluding hydrogens is 486 g/mol. The molecule has 0 aromatic carbocycles. The first-order chi connectivity index (χ1) is 19.7. The Morgan fingerprint density at radius 3 is 1.05 bits per heavy atom. The molecule has 0 bridgehead atoms. The Kier molecular flexibility index (Phi) is 31.5. The van der Waals surface area contributed by atoms with E-state index in [-0.39, 0.29) is 12.1 Å². The van der Waals surface area contributed by atoms with Crippen LogP contribution in [-0.4, -0.2) is 17.3 Å². The van der Waals surface area contributed by atoms with Crippen LogP contribution >= 0.6 is 0 Å².